The van der Waals surface area contributed by atoms with Gasteiger partial charge in [-0.15, -0.1) is 0 Å². The monoisotopic (exact) mass is 345 g/mol. The maximum atomic E-state index is 12.9. The zero-order chi connectivity index (χ0) is 17.5. The first-order valence-electron chi connectivity index (χ1n) is 8.17. The number of nitrogens with zero attached hydrogens (tertiary/aromatic N) is 1. The van der Waals surface area contributed by atoms with E-state index in [2.05, 4.69) is 15.6 Å². The van der Waals surface area contributed by atoms with E-state index in [-0.39, 0.29) is 11.8 Å². The number of aromatic nitrogens is 1. The van der Waals surface area contributed by atoms with Crippen LogP contribution < -0.4 is 15.4 Å². The van der Waals surface area contributed by atoms with E-state index in [1.54, 1.807) is 12.3 Å². The highest BCUT2D eigenvalue weighted by Crippen LogP contribution is 2.19. The van der Waals surface area contributed by atoms with Crippen LogP contribution in [0.4, 0.5) is 9.18 Å². The summed E-state index contributed by atoms with van der Waals surface area (Å²) in [6, 6.07) is 9.02. The summed E-state index contributed by atoms with van der Waals surface area (Å²) in [4.78, 5) is 15.9. The molecule has 1 aliphatic heterocycles. The molecule has 0 saturated carbocycles. The molecule has 1 fully saturated rings. The smallest absolute Gasteiger partial charge is 0.315 e. The fraction of sp³-hybridized carbons (Fsp3) is 0.333. The number of hydrogen-bond acceptors (Lipinski definition) is 4. The molecule has 2 heterocycles. The Hall–Kier alpha value is -2.67. The van der Waals surface area contributed by atoms with Crippen LogP contribution in [-0.4, -0.2) is 30.8 Å². The summed E-state index contributed by atoms with van der Waals surface area (Å²) >= 11 is 0. The zero-order valence-electron chi connectivity index (χ0n) is 13.7. The molecule has 0 spiro atoms. The van der Waals surface area contributed by atoms with Crippen LogP contribution in [0.1, 0.15) is 12.0 Å². The van der Waals surface area contributed by atoms with Crippen molar-refractivity contribution >= 4 is 6.03 Å². The molecule has 3 rings (SSSR count). The van der Waals surface area contributed by atoms with Crippen LogP contribution in [0.5, 0.6) is 11.6 Å². The number of urea groups is 1. The zero-order valence-corrected chi connectivity index (χ0v) is 13.7. The van der Waals surface area contributed by atoms with Crippen LogP contribution in [0, 0.1) is 11.7 Å². The second kappa shape index (κ2) is 8.43. The largest absolute Gasteiger partial charge is 0.439 e. The first kappa shape index (κ1) is 17.2. The number of carbonyl (C=O) groups excluding carboxylic acids is 1. The van der Waals surface area contributed by atoms with E-state index in [4.69, 9.17) is 9.47 Å². The van der Waals surface area contributed by atoms with Gasteiger partial charge in [0.2, 0.25) is 5.88 Å². The maximum absolute atomic E-state index is 12.9. The van der Waals surface area contributed by atoms with Crippen molar-refractivity contribution in [2.24, 2.45) is 5.92 Å². The first-order chi connectivity index (χ1) is 12.2. The molecule has 2 N–H and O–H groups in total. The van der Waals surface area contributed by atoms with Gasteiger partial charge in [0.05, 0.1) is 6.61 Å². The number of rotatable bonds is 6. The van der Waals surface area contributed by atoms with Crippen molar-refractivity contribution < 1.29 is 18.7 Å². The van der Waals surface area contributed by atoms with Crippen molar-refractivity contribution in [1.82, 2.24) is 15.6 Å². The number of ether oxygens (including phenoxy) is 2. The van der Waals surface area contributed by atoms with Gasteiger partial charge in [-0.2, -0.15) is 0 Å². The molecule has 1 aromatic heterocycles. The van der Waals surface area contributed by atoms with Gasteiger partial charge in [-0.3, -0.25) is 0 Å². The second-order valence-electron chi connectivity index (χ2n) is 5.85. The third kappa shape index (κ3) is 5.42. The molecule has 6 nitrogen and oxygen atoms in total. The van der Waals surface area contributed by atoms with Gasteiger partial charge < -0.3 is 20.1 Å². The van der Waals surface area contributed by atoms with Gasteiger partial charge in [0, 0.05) is 37.9 Å². The van der Waals surface area contributed by atoms with Gasteiger partial charge in [0.1, 0.15) is 11.6 Å². The molecule has 1 saturated heterocycles. The third-order valence-electron chi connectivity index (χ3n) is 3.86. The molecule has 132 valence electrons. The molecule has 1 aliphatic rings. The molecule has 0 unspecified atom stereocenters. The van der Waals surface area contributed by atoms with E-state index >= 15 is 0 Å². The fourth-order valence-electron chi connectivity index (χ4n) is 2.43. The molecule has 2 amide bonds. The number of amides is 2. The molecular weight excluding hydrogens is 325 g/mol. The molecule has 1 aromatic carbocycles. The lowest BCUT2D eigenvalue weighted by Gasteiger charge is -2.11. The van der Waals surface area contributed by atoms with Gasteiger partial charge in [-0.25, -0.2) is 14.2 Å². The third-order valence-corrected chi connectivity index (χ3v) is 3.86. The lowest BCUT2D eigenvalue weighted by Crippen LogP contribution is -2.38. The predicted molar refractivity (Wildman–Crippen MR) is 89.9 cm³/mol. The minimum Gasteiger partial charge on any atom is -0.439 e. The minimum atomic E-state index is -0.319. The topological polar surface area (TPSA) is 72.5 Å². The second-order valence-corrected chi connectivity index (χ2v) is 5.85. The number of pyridine rings is 1. The van der Waals surface area contributed by atoms with Crippen LogP contribution in [0.3, 0.4) is 0 Å². The van der Waals surface area contributed by atoms with Crippen molar-refractivity contribution in [3.63, 3.8) is 0 Å². The number of carbonyl (C=O) groups is 1. The Morgan fingerprint density at radius 3 is 2.76 bits per heavy atom. The van der Waals surface area contributed by atoms with Gasteiger partial charge in [0.25, 0.3) is 0 Å². The number of hydrogen-bond donors (Lipinski definition) is 2. The summed E-state index contributed by atoms with van der Waals surface area (Å²) in [6.45, 7) is 2.47. The Labute approximate surface area is 145 Å². The van der Waals surface area contributed by atoms with E-state index < -0.39 is 0 Å². The Morgan fingerprint density at radius 1 is 1.24 bits per heavy atom. The highest BCUT2D eigenvalue weighted by molar-refractivity contribution is 5.73. The molecule has 0 radical (unpaired) electrons. The Morgan fingerprint density at radius 2 is 2.08 bits per heavy atom. The van der Waals surface area contributed by atoms with E-state index in [1.807, 2.05) is 6.07 Å². The summed E-state index contributed by atoms with van der Waals surface area (Å²) in [5.41, 5.74) is 0.853. The van der Waals surface area contributed by atoms with E-state index in [0.717, 1.165) is 18.6 Å². The molecule has 0 aliphatic carbocycles. The average Bonchev–Trinajstić information content (AvgIpc) is 3.15. The molecule has 25 heavy (non-hydrogen) atoms. The van der Waals surface area contributed by atoms with Crippen LogP contribution in [0.2, 0.25) is 0 Å². The standard InChI is InChI=1S/C18H20FN3O3/c19-15-2-4-16(5-3-15)25-17-6-1-13(9-20-17)10-21-18(23)22-11-14-7-8-24-12-14/h1-6,9,14H,7-8,10-12H2,(H2,21,22,23)/t14-/m0/s1. The SMILES string of the molecule is O=C(NCc1ccc(Oc2ccc(F)cc2)nc1)NC[C@@H]1CCOC1. The van der Waals surface area contributed by atoms with Crippen molar-refractivity contribution in [3.8, 4) is 11.6 Å². The summed E-state index contributed by atoms with van der Waals surface area (Å²) in [5.74, 6) is 0.992. The van der Waals surface area contributed by atoms with E-state index in [1.165, 1.54) is 24.3 Å². The van der Waals surface area contributed by atoms with Crippen molar-refractivity contribution in [1.29, 1.82) is 0 Å². The number of halogens is 1. The molecule has 7 heteroatoms. The molecule has 1 atom stereocenters. The van der Waals surface area contributed by atoms with Crippen LogP contribution >= 0.6 is 0 Å². The van der Waals surface area contributed by atoms with Crippen LogP contribution in [0.15, 0.2) is 42.6 Å². The van der Waals surface area contributed by atoms with Gasteiger partial charge >= 0.3 is 6.03 Å². The van der Waals surface area contributed by atoms with Crippen molar-refractivity contribution in [3.05, 3.63) is 54.0 Å². The van der Waals surface area contributed by atoms with E-state index in [0.29, 0.717) is 37.2 Å². The molecular formula is C18H20FN3O3. The lowest BCUT2D eigenvalue weighted by atomic mass is 10.1. The summed E-state index contributed by atoms with van der Waals surface area (Å²) in [5, 5.41) is 5.62. The summed E-state index contributed by atoms with van der Waals surface area (Å²) in [6.07, 6.45) is 2.61. The van der Waals surface area contributed by atoms with Crippen LogP contribution in [0.25, 0.3) is 0 Å². The Balaban J connectivity index is 1.42. The van der Waals surface area contributed by atoms with Gasteiger partial charge in [0.15, 0.2) is 0 Å². The lowest BCUT2D eigenvalue weighted by molar-refractivity contribution is 0.185. The van der Waals surface area contributed by atoms with Gasteiger partial charge in [-0.1, -0.05) is 6.07 Å². The Kier molecular flexibility index (Phi) is 5.79. The van der Waals surface area contributed by atoms with Gasteiger partial charge in [-0.05, 0) is 36.2 Å². The number of benzene rings is 1. The summed E-state index contributed by atoms with van der Waals surface area (Å²) < 4.78 is 23.6. The first-order valence-corrected chi connectivity index (χ1v) is 8.17. The van der Waals surface area contributed by atoms with Crippen molar-refractivity contribution in [2.45, 2.75) is 13.0 Å². The van der Waals surface area contributed by atoms with E-state index in [9.17, 15) is 9.18 Å². The number of nitrogens with one attached hydrogen (secondary N) is 2. The fourth-order valence-corrected chi connectivity index (χ4v) is 2.43. The highest BCUT2D eigenvalue weighted by Gasteiger charge is 2.16. The normalized spacial score (nSPS) is 16.4. The Bertz CT molecular complexity index is 686. The van der Waals surface area contributed by atoms with Crippen molar-refractivity contribution in [2.75, 3.05) is 19.8 Å². The average molecular weight is 345 g/mol. The molecule has 2 aromatic rings. The maximum Gasteiger partial charge on any atom is 0.315 e. The highest BCUT2D eigenvalue weighted by atomic mass is 19.1. The van der Waals surface area contributed by atoms with Crippen LogP contribution in [-0.2, 0) is 11.3 Å². The summed E-state index contributed by atoms with van der Waals surface area (Å²) in [7, 11) is 0. The quantitative estimate of drug-likeness (QED) is 0.844. The molecule has 0 bridgehead atoms. The predicted octanol–water partition coefficient (Wildman–Crippen LogP) is 2.85. The minimum absolute atomic E-state index is 0.210.